The van der Waals surface area contributed by atoms with E-state index in [4.69, 9.17) is 0 Å². The molecule has 0 spiro atoms. The van der Waals surface area contributed by atoms with Gasteiger partial charge in [0.2, 0.25) is 0 Å². The lowest BCUT2D eigenvalue weighted by atomic mass is 10.1. The third-order valence-electron chi connectivity index (χ3n) is 2.40. The summed E-state index contributed by atoms with van der Waals surface area (Å²) in [6.45, 7) is 0. The fraction of sp³-hybridized carbons (Fsp3) is 0.400. The van der Waals surface area contributed by atoms with E-state index < -0.39 is 15.7 Å². The van der Waals surface area contributed by atoms with Crippen LogP contribution in [0.2, 0.25) is 0 Å². The number of rotatable bonds is 2. The van der Waals surface area contributed by atoms with Crippen LogP contribution in [0, 0.1) is 5.82 Å². The molecule has 2 nitrogen and oxygen atoms in total. The van der Waals surface area contributed by atoms with Crippen LogP contribution in [-0.4, -0.2) is 14.7 Å². The molecule has 0 bridgehead atoms. The number of benzene rings is 1. The molecule has 0 radical (unpaired) electrons. The van der Waals surface area contributed by atoms with Crippen LogP contribution in [0.1, 0.15) is 24.3 Å². The zero-order valence-electron chi connectivity index (χ0n) is 7.83. The van der Waals surface area contributed by atoms with E-state index in [1.165, 1.54) is 18.2 Å². The van der Waals surface area contributed by atoms with Crippen LogP contribution in [0.15, 0.2) is 23.1 Å². The molecule has 1 aliphatic carbocycles. The SMILES string of the molecule is CS(=O)(=O)c1cccc(F)c1C1CC1. The Morgan fingerprint density at radius 1 is 1.36 bits per heavy atom. The maximum absolute atomic E-state index is 13.4. The van der Waals surface area contributed by atoms with Crippen molar-refractivity contribution in [2.75, 3.05) is 6.26 Å². The van der Waals surface area contributed by atoms with Crippen LogP contribution in [0.5, 0.6) is 0 Å². The Bertz CT molecular complexity index is 461. The molecule has 2 rings (SSSR count). The second-order valence-electron chi connectivity index (χ2n) is 3.70. The van der Waals surface area contributed by atoms with Gasteiger partial charge in [-0.3, -0.25) is 0 Å². The molecule has 1 saturated carbocycles. The van der Waals surface area contributed by atoms with E-state index in [0.717, 1.165) is 19.1 Å². The van der Waals surface area contributed by atoms with E-state index in [2.05, 4.69) is 0 Å². The summed E-state index contributed by atoms with van der Waals surface area (Å²) in [6, 6.07) is 4.24. The molecule has 1 aromatic rings. The fourth-order valence-electron chi connectivity index (χ4n) is 1.61. The predicted molar refractivity (Wildman–Crippen MR) is 51.5 cm³/mol. The molecule has 14 heavy (non-hydrogen) atoms. The Hall–Kier alpha value is -0.900. The van der Waals surface area contributed by atoms with Crippen molar-refractivity contribution in [3.8, 4) is 0 Å². The van der Waals surface area contributed by atoms with Crippen molar-refractivity contribution in [1.29, 1.82) is 0 Å². The van der Waals surface area contributed by atoms with Gasteiger partial charge < -0.3 is 0 Å². The van der Waals surface area contributed by atoms with Gasteiger partial charge in [0.15, 0.2) is 9.84 Å². The second kappa shape index (κ2) is 3.05. The third kappa shape index (κ3) is 1.66. The van der Waals surface area contributed by atoms with E-state index in [1.807, 2.05) is 0 Å². The van der Waals surface area contributed by atoms with Gasteiger partial charge in [0.1, 0.15) is 5.82 Å². The van der Waals surface area contributed by atoms with Crippen LogP contribution in [0.3, 0.4) is 0 Å². The van der Waals surface area contributed by atoms with Gasteiger partial charge in [0.25, 0.3) is 0 Å². The van der Waals surface area contributed by atoms with Gasteiger partial charge in [-0.15, -0.1) is 0 Å². The standard InChI is InChI=1S/C10H11FO2S/c1-14(12,13)9-4-2-3-8(11)10(9)7-5-6-7/h2-4,7H,5-6H2,1H3. The molecule has 1 fully saturated rings. The van der Waals surface area contributed by atoms with Crippen molar-refractivity contribution in [1.82, 2.24) is 0 Å². The van der Waals surface area contributed by atoms with Gasteiger partial charge in [0, 0.05) is 11.8 Å². The monoisotopic (exact) mass is 214 g/mol. The number of hydrogen-bond acceptors (Lipinski definition) is 2. The predicted octanol–water partition coefficient (Wildman–Crippen LogP) is 2.11. The molecule has 0 aromatic heterocycles. The van der Waals surface area contributed by atoms with Crippen LogP contribution in [0.4, 0.5) is 4.39 Å². The number of halogens is 1. The molecular formula is C10H11FO2S. The minimum absolute atomic E-state index is 0.112. The highest BCUT2D eigenvalue weighted by Crippen LogP contribution is 2.43. The van der Waals surface area contributed by atoms with Crippen molar-refractivity contribution in [3.05, 3.63) is 29.6 Å². The minimum Gasteiger partial charge on any atom is -0.224 e. The largest absolute Gasteiger partial charge is 0.224 e. The number of sulfone groups is 1. The fourth-order valence-corrected chi connectivity index (χ4v) is 2.60. The lowest BCUT2D eigenvalue weighted by Crippen LogP contribution is -2.03. The average Bonchev–Trinajstić information content (AvgIpc) is 2.85. The first-order chi connectivity index (χ1) is 6.50. The second-order valence-corrected chi connectivity index (χ2v) is 5.68. The maximum atomic E-state index is 13.4. The molecule has 0 atom stereocenters. The normalized spacial score (nSPS) is 17.0. The highest BCUT2D eigenvalue weighted by molar-refractivity contribution is 7.90. The van der Waals surface area contributed by atoms with E-state index in [9.17, 15) is 12.8 Å². The van der Waals surface area contributed by atoms with Crippen molar-refractivity contribution < 1.29 is 12.8 Å². The highest BCUT2D eigenvalue weighted by atomic mass is 32.2. The Labute approximate surface area is 82.7 Å². The summed E-state index contributed by atoms with van der Waals surface area (Å²) in [7, 11) is -3.30. The summed E-state index contributed by atoms with van der Waals surface area (Å²) in [5, 5.41) is 0. The summed E-state index contributed by atoms with van der Waals surface area (Å²) in [4.78, 5) is 0.153. The minimum atomic E-state index is -3.30. The zero-order valence-corrected chi connectivity index (χ0v) is 8.64. The van der Waals surface area contributed by atoms with Crippen molar-refractivity contribution in [2.45, 2.75) is 23.7 Å². The Kier molecular flexibility index (Phi) is 2.10. The third-order valence-corrected chi connectivity index (χ3v) is 3.55. The van der Waals surface area contributed by atoms with Crippen molar-refractivity contribution >= 4 is 9.84 Å². The van der Waals surface area contributed by atoms with Crippen molar-refractivity contribution in [3.63, 3.8) is 0 Å². The van der Waals surface area contributed by atoms with Crippen LogP contribution >= 0.6 is 0 Å². The highest BCUT2D eigenvalue weighted by Gasteiger charge is 2.31. The first kappa shape index (κ1) is 9.65. The Balaban J connectivity index is 2.64. The maximum Gasteiger partial charge on any atom is 0.175 e. The van der Waals surface area contributed by atoms with Crippen LogP contribution < -0.4 is 0 Å². The molecule has 1 aromatic carbocycles. The quantitative estimate of drug-likeness (QED) is 0.755. The first-order valence-electron chi connectivity index (χ1n) is 4.48. The molecule has 76 valence electrons. The molecule has 0 N–H and O–H groups in total. The van der Waals surface area contributed by atoms with Crippen LogP contribution in [-0.2, 0) is 9.84 Å². The van der Waals surface area contributed by atoms with Crippen LogP contribution in [0.25, 0.3) is 0 Å². The lowest BCUT2D eigenvalue weighted by molar-refractivity contribution is 0.586. The van der Waals surface area contributed by atoms with Gasteiger partial charge in [-0.25, -0.2) is 12.8 Å². The van der Waals surface area contributed by atoms with Gasteiger partial charge in [-0.2, -0.15) is 0 Å². The Morgan fingerprint density at radius 3 is 2.50 bits per heavy atom. The van der Waals surface area contributed by atoms with E-state index in [0.29, 0.717) is 5.56 Å². The van der Waals surface area contributed by atoms with Gasteiger partial charge >= 0.3 is 0 Å². The molecule has 0 unspecified atom stereocenters. The van der Waals surface area contributed by atoms with E-state index in [-0.39, 0.29) is 10.8 Å². The molecule has 0 amide bonds. The molecule has 0 saturated heterocycles. The summed E-state index contributed by atoms with van der Waals surface area (Å²) in [6.07, 6.45) is 2.90. The van der Waals surface area contributed by atoms with Gasteiger partial charge in [-0.1, -0.05) is 6.07 Å². The van der Waals surface area contributed by atoms with E-state index in [1.54, 1.807) is 0 Å². The number of hydrogen-bond donors (Lipinski definition) is 0. The molecular weight excluding hydrogens is 203 g/mol. The summed E-state index contributed by atoms with van der Waals surface area (Å²) < 4.78 is 36.1. The smallest absolute Gasteiger partial charge is 0.175 e. The van der Waals surface area contributed by atoms with Gasteiger partial charge in [-0.05, 0) is 30.9 Å². The molecule has 0 heterocycles. The average molecular weight is 214 g/mol. The molecule has 4 heteroatoms. The topological polar surface area (TPSA) is 34.1 Å². The lowest BCUT2D eigenvalue weighted by Gasteiger charge is -2.07. The summed E-state index contributed by atoms with van der Waals surface area (Å²) in [5.74, 6) is -0.281. The first-order valence-corrected chi connectivity index (χ1v) is 6.38. The van der Waals surface area contributed by atoms with E-state index >= 15 is 0 Å². The zero-order chi connectivity index (χ0) is 10.3. The Morgan fingerprint density at radius 2 is 2.00 bits per heavy atom. The molecule has 0 aliphatic heterocycles. The molecule has 1 aliphatic rings. The van der Waals surface area contributed by atoms with Crippen molar-refractivity contribution in [2.24, 2.45) is 0 Å². The van der Waals surface area contributed by atoms with Gasteiger partial charge in [0.05, 0.1) is 4.90 Å². The summed E-state index contributed by atoms with van der Waals surface area (Å²) in [5.41, 5.74) is 0.384. The summed E-state index contributed by atoms with van der Waals surface area (Å²) >= 11 is 0.